The van der Waals surface area contributed by atoms with Crippen LogP contribution < -0.4 is 10.1 Å². The van der Waals surface area contributed by atoms with Gasteiger partial charge in [-0.1, -0.05) is 23.7 Å². The Hall–Kier alpha value is -1.26. The van der Waals surface area contributed by atoms with Crippen LogP contribution in [0, 0.1) is 0 Å². The topological polar surface area (TPSA) is 41.6 Å². The number of halogens is 1. The van der Waals surface area contributed by atoms with Crippen LogP contribution in [0.4, 0.5) is 0 Å². The summed E-state index contributed by atoms with van der Waals surface area (Å²) in [7, 11) is 2.13. The summed E-state index contributed by atoms with van der Waals surface area (Å²) in [6, 6.07) is 5.72. The summed E-state index contributed by atoms with van der Waals surface area (Å²) in [5.74, 6) is 0.727. The predicted octanol–water partition coefficient (Wildman–Crippen LogP) is 2.76. The molecule has 1 fully saturated rings. The maximum Gasteiger partial charge on any atom is 0.217 e. The van der Waals surface area contributed by atoms with Crippen LogP contribution in [-0.2, 0) is 4.79 Å². The van der Waals surface area contributed by atoms with Crippen LogP contribution in [0.2, 0.25) is 5.02 Å². The fraction of sp³-hybridized carbons (Fsp3) is 0.562. The second-order valence-electron chi connectivity index (χ2n) is 6.20. The molecule has 114 valence electrons. The highest BCUT2D eigenvalue weighted by molar-refractivity contribution is 6.32. The minimum absolute atomic E-state index is 0.0177. The van der Waals surface area contributed by atoms with Gasteiger partial charge in [0, 0.05) is 32.0 Å². The van der Waals surface area contributed by atoms with Gasteiger partial charge in [-0.3, -0.25) is 4.79 Å². The zero-order valence-electron chi connectivity index (χ0n) is 12.5. The Morgan fingerprint density at radius 1 is 1.43 bits per heavy atom. The first-order chi connectivity index (χ1) is 9.99. The summed E-state index contributed by atoms with van der Waals surface area (Å²) in [5, 5.41) is 3.68. The molecule has 2 aliphatic heterocycles. The Balaban J connectivity index is 1.95. The van der Waals surface area contributed by atoms with E-state index in [1.807, 2.05) is 18.2 Å². The van der Waals surface area contributed by atoms with Crippen molar-refractivity contribution in [1.82, 2.24) is 10.2 Å². The maximum atomic E-state index is 11.5. The third kappa shape index (κ3) is 2.87. The van der Waals surface area contributed by atoms with E-state index in [2.05, 4.69) is 17.3 Å². The van der Waals surface area contributed by atoms with Crippen LogP contribution in [0.3, 0.4) is 0 Å². The Labute approximate surface area is 130 Å². The molecule has 1 spiro atoms. The number of ether oxygens (including phenoxy) is 1. The lowest BCUT2D eigenvalue weighted by molar-refractivity contribution is -0.120. The smallest absolute Gasteiger partial charge is 0.217 e. The molecule has 1 saturated heterocycles. The maximum absolute atomic E-state index is 11.5. The SMILES string of the molecule is CC(=O)NC1CC2(CCN(C)CC2)Oc2c(Cl)cccc21. The molecule has 0 saturated carbocycles. The van der Waals surface area contributed by atoms with E-state index in [9.17, 15) is 4.79 Å². The average molecular weight is 309 g/mol. The second-order valence-corrected chi connectivity index (χ2v) is 6.61. The third-order valence-corrected chi connectivity index (χ3v) is 4.84. The molecule has 2 heterocycles. The molecular weight excluding hydrogens is 288 g/mol. The number of likely N-dealkylation sites (tertiary alicyclic amines) is 1. The molecule has 21 heavy (non-hydrogen) atoms. The van der Waals surface area contributed by atoms with Crippen molar-refractivity contribution in [3.8, 4) is 5.75 Å². The van der Waals surface area contributed by atoms with Gasteiger partial charge in [0.25, 0.3) is 0 Å². The van der Waals surface area contributed by atoms with Gasteiger partial charge in [-0.25, -0.2) is 0 Å². The van der Waals surface area contributed by atoms with E-state index >= 15 is 0 Å². The molecule has 1 unspecified atom stereocenters. The number of hydrogen-bond acceptors (Lipinski definition) is 3. The highest BCUT2D eigenvalue weighted by Gasteiger charge is 2.43. The van der Waals surface area contributed by atoms with Gasteiger partial charge in [0.1, 0.15) is 11.4 Å². The van der Waals surface area contributed by atoms with Crippen molar-refractivity contribution in [3.63, 3.8) is 0 Å². The number of carbonyl (C=O) groups is 1. The minimum atomic E-state index is -0.211. The highest BCUT2D eigenvalue weighted by atomic mass is 35.5. The molecule has 0 bridgehead atoms. The van der Waals surface area contributed by atoms with Crippen LogP contribution in [0.25, 0.3) is 0 Å². The number of amides is 1. The van der Waals surface area contributed by atoms with Crippen molar-refractivity contribution in [2.24, 2.45) is 0 Å². The van der Waals surface area contributed by atoms with Crippen LogP contribution >= 0.6 is 11.6 Å². The number of fused-ring (bicyclic) bond motifs is 1. The zero-order chi connectivity index (χ0) is 15.0. The average Bonchev–Trinajstić information content (AvgIpc) is 2.43. The molecular formula is C16H21ClN2O2. The summed E-state index contributed by atoms with van der Waals surface area (Å²) in [5.41, 5.74) is 0.778. The Morgan fingerprint density at radius 3 is 2.81 bits per heavy atom. The highest BCUT2D eigenvalue weighted by Crippen LogP contribution is 2.46. The Morgan fingerprint density at radius 2 is 2.14 bits per heavy atom. The lowest BCUT2D eigenvalue weighted by Crippen LogP contribution is -2.51. The quantitative estimate of drug-likeness (QED) is 0.867. The zero-order valence-corrected chi connectivity index (χ0v) is 13.2. The van der Waals surface area contributed by atoms with Crippen LogP contribution in [0.15, 0.2) is 18.2 Å². The van der Waals surface area contributed by atoms with Crippen molar-refractivity contribution in [2.75, 3.05) is 20.1 Å². The van der Waals surface area contributed by atoms with Gasteiger partial charge in [-0.2, -0.15) is 0 Å². The third-order valence-electron chi connectivity index (χ3n) is 4.54. The van der Waals surface area contributed by atoms with E-state index < -0.39 is 0 Å². The molecule has 1 aromatic rings. The molecule has 1 N–H and O–H groups in total. The Bertz CT molecular complexity index is 553. The van der Waals surface area contributed by atoms with Gasteiger partial charge in [-0.05, 0) is 26.0 Å². The molecule has 1 amide bonds. The molecule has 2 aliphatic rings. The van der Waals surface area contributed by atoms with Crippen molar-refractivity contribution >= 4 is 17.5 Å². The molecule has 0 aromatic heterocycles. The van der Waals surface area contributed by atoms with Crippen LogP contribution in [0.5, 0.6) is 5.75 Å². The summed E-state index contributed by atoms with van der Waals surface area (Å²) >= 11 is 6.33. The first kappa shape index (κ1) is 14.7. The summed E-state index contributed by atoms with van der Waals surface area (Å²) in [6.45, 7) is 3.57. The normalized spacial score (nSPS) is 24.2. The molecule has 1 atom stereocenters. The van der Waals surface area contributed by atoms with Gasteiger partial charge in [-0.15, -0.1) is 0 Å². The van der Waals surface area contributed by atoms with Crippen molar-refractivity contribution in [1.29, 1.82) is 0 Å². The number of piperidine rings is 1. The van der Waals surface area contributed by atoms with E-state index in [1.165, 1.54) is 0 Å². The summed E-state index contributed by atoms with van der Waals surface area (Å²) in [4.78, 5) is 13.8. The largest absolute Gasteiger partial charge is 0.485 e. The van der Waals surface area contributed by atoms with Gasteiger partial charge in [0.15, 0.2) is 0 Å². The fourth-order valence-electron chi connectivity index (χ4n) is 3.35. The molecule has 0 radical (unpaired) electrons. The van der Waals surface area contributed by atoms with Gasteiger partial charge >= 0.3 is 0 Å². The van der Waals surface area contributed by atoms with Gasteiger partial charge in [0.05, 0.1) is 11.1 Å². The number of hydrogen-bond donors (Lipinski definition) is 1. The van der Waals surface area contributed by atoms with Crippen LogP contribution in [-0.4, -0.2) is 36.5 Å². The molecule has 3 rings (SSSR count). The number of nitrogens with zero attached hydrogens (tertiary/aromatic N) is 1. The first-order valence-corrected chi connectivity index (χ1v) is 7.80. The summed E-state index contributed by atoms with van der Waals surface area (Å²) < 4.78 is 6.34. The van der Waals surface area contributed by atoms with E-state index in [4.69, 9.17) is 16.3 Å². The second kappa shape index (κ2) is 5.50. The standard InChI is InChI=1S/C16H21ClN2O2/c1-11(20)18-14-10-16(6-8-19(2)9-7-16)21-15-12(14)4-3-5-13(15)17/h3-5,14H,6-10H2,1-2H3,(H,18,20). The molecule has 4 nitrogen and oxygen atoms in total. The lowest BCUT2D eigenvalue weighted by Gasteiger charge is -2.46. The monoisotopic (exact) mass is 308 g/mol. The van der Waals surface area contributed by atoms with E-state index in [0.29, 0.717) is 5.02 Å². The van der Waals surface area contributed by atoms with E-state index in [0.717, 1.165) is 43.7 Å². The number of rotatable bonds is 1. The molecule has 1 aromatic carbocycles. The summed E-state index contributed by atoms with van der Waals surface area (Å²) in [6.07, 6.45) is 2.74. The van der Waals surface area contributed by atoms with Crippen molar-refractivity contribution in [3.05, 3.63) is 28.8 Å². The number of carbonyl (C=O) groups excluding carboxylic acids is 1. The van der Waals surface area contributed by atoms with Crippen molar-refractivity contribution in [2.45, 2.75) is 37.8 Å². The van der Waals surface area contributed by atoms with Crippen LogP contribution in [0.1, 0.15) is 37.8 Å². The number of benzene rings is 1. The van der Waals surface area contributed by atoms with Gasteiger partial charge < -0.3 is 15.0 Å². The van der Waals surface area contributed by atoms with Gasteiger partial charge in [0.2, 0.25) is 5.91 Å². The lowest BCUT2D eigenvalue weighted by atomic mass is 9.80. The van der Waals surface area contributed by atoms with E-state index in [1.54, 1.807) is 6.92 Å². The first-order valence-electron chi connectivity index (χ1n) is 7.42. The van der Waals surface area contributed by atoms with E-state index in [-0.39, 0.29) is 17.6 Å². The molecule has 5 heteroatoms. The number of nitrogens with one attached hydrogen (secondary N) is 1. The fourth-order valence-corrected chi connectivity index (χ4v) is 3.57. The Kier molecular flexibility index (Phi) is 3.84. The predicted molar refractivity (Wildman–Crippen MR) is 82.7 cm³/mol. The van der Waals surface area contributed by atoms with Crippen molar-refractivity contribution < 1.29 is 9.53 Å². The molecule has 0 aliphatic carbocycles. The number of para-hydroxylation sites is 1. The minimum Gasteiger partial charge on any atom is -0.485 e.